The molecule has 0 aromatic heterocycles. The summed E-state index contributed by atoms with van der Waals surface area (Å²) in [5.74, 6) is -2.40. The summed E-state index contributed by atoms with van der Waals surface area (Å²) in [6, 6.07) is 21.5. The van der Waals surface area contributed by atoms with Gasteiger partial charge in [-0.2, -0.15) is 5.10 Å². The van der Waals surface area contributed by atoms with Crippen molar-refractivity contribution >= 4 is 40.8 Å². The van der Waals surface area contributed by atoms with Gasteiger partial charge in [0.05, 0.1) is 11.3 Å². The Balaban J connectivity index is 1.63. The summed E-state index contributed by atoms with van der Waals surface area (Å²) in [7, 11) is 0. The second-order valence-electron chi connectivity index (χ2n) is 7.10. The predicted octanol–water partition coefficient (Wildman–Crippen LogP) is 3.34. The number of hydrazone groups is 1. The molecule has 3 rings (SSSR count). The van der Waals surface area contributed by atoms with Crippen LogP contribution in [0.1, 0.15) is 29.8 Å². The third kappa shape index (κ3) is 6.60. The van der Waals surface area contributed by atoms with E-state index >= 15 is 0 Å². The number of hydrogen-bond donors (Lipinski definition) is 3. The van der Waals surface area contributed by atoms with Crippen LogP contribution in [0.4, 0.5) is 11.4 Å². The van der Waals surface area contributed by atoms with Crippen molar-refractivity contribution in [3.63, 3.8) is 0 Å². The van der Waals surface area contributed by atoms with Crippen LogP contribution in [-0.4, -0.2) is 29.4 Å². The van der Waals surface area contributed by atoms with E-state index in [1.807, 2.05) is 0 Å². The van der Waals surface area contributed by atoms with Gasteiger partial charge in [-0.15, -0.1) is 0 Å². The fourth-order valence-electron chi connectivity index (χ4n) is 2.86. The lowest BCUT2D eigenvalue weighted by atomic mass is 10.1. The number of carbonyl (C=O) groups is 4. The molecule has 0 heterocycles. The van der Waals surface area contributed by atoms with Crippen LogP contribution in [0, 0.1) is 0 Å². The van der Waals surface area contributed by atoms with Crippen LogP contribution in [0.25, 0.3) is 0 Å². The number of ether oxygens (including phenoxy) is 1. The Morgan fingerprint density at radius 3 is 1.94 bits per heavy atom. The number of amides is 3. The van der Waals surface area contributed by atoms with Gasteiger partial charge < -0.3 is 15.4 Å². The largest absolute Gasteiger partial charge is 0.422 e. The van der Waals surface area contributed by atoms with Gasteiger partial charge in [0.15, 0.2) is 0 Å². The van der Waals surface area contributed by atoms with Gasteiger partial charge in [-0.05, 0) is 55.5 Å². The number of para-hydroxylation sites is 1. The molecule has 0 radical (unpaired) electrons. The lowest BCUT2D eigenvalue weighted by Gasteiger charge is -2.10. The second-order valence-corrected chi connectivity index (χ2v) is 7.10. The van der Waals surface area contributed by atoms with E-state index in [1.165, 1.54) is 6.92 Å². The van der Waals surface area contributed by atoms with Gasteiger partial charge in [0.2, 0.25) is 5.91 Å². The molecule has 172 valence electrons. The van der Waals surface area contributed by atoms with Crippen LogP contribution in [0.3, 0.4) is 0 Å². The highest BCUT2D eigenvalue weighted by Crippen LogP contribution is 2.20. The predicted molar refractivity (Wildman–Crippen MR) is 128 cm³/mol. The van der Waals surface area contributed by atoms with Crippen LogP contribution in [0.15, 0.2) is 84.0 Å². The molecule has 0 spiro atoms. The lowest BCUT2D eigenvalue weighted by Crippen LogP contribution is -2.33. The highest BCUT2D eigenvalue weighted by Gasteiger charge is 2.15. The summed E-state index contributed by atoms with van der Waals surface area (Å²) in [6.45, 7) is 2.99. The maximum absolute atomic E-state index is 12.4. The number of nitrogens with one attached hydrogen (secondary N) is 3. The summed E-state index contributed by atoms with van der Waals surface area (Å²) in [6.07, 6.45) is 0. The molecule has 0 bridgehead atoms. The van der Waals surface area contributed by atoms with Crippen molar-refractivity contribution in [1.29, 1.82) is 0 Å². The molecular weight excluding hydrogens is 436 g/mol. The molecule has 0 fully saturated rings. The highest BCUT2D eigenvalue weighted by atomic mass is 16.5. The molecule has 3 amide bonds. The first kappa shape index (κ1) is 23.9. The van der Waals surface area contributed by atoms with Gasteiger partial charge in [-0.25, -0.2) is 10.2 Å². The molecule has 0 aliphatic rings. The van der Waals surface area contributed by atoms with E-state index in [2.05, 4.69) is 21.2 Å². The van der Waals surface area contributed by atoms with E-state index < -0.39 is 17.8 Å². The summed E-state index contributed by atoms with van der Waals surface area (Å²) >= 11 is 0. The van der Waals surface area contributed by atoms with E-state index in [4.69, 9.17) is 4.74 Å². The minimum atomic E-state index is -0.982. The van der Waals surface area contributed by atoms with Gasteiger partial charge in [0.1, 0.15) is 5.75 Å². The molecule has 3 N–H and O–H groups in total. The van der Waals surface area contributed by atoms with Gasteiger partial charge in [0, 0.05) is 23.9 Å². The molecule has 9 nitrogen and oxygen atoms in total. The van der Waals surface area contributed by atoms with Gasteiger partial charge >= 0.3 is 17.8 Å². The van der Waals surface area contributed by atoms with Crippen LogP contribution in [-0.2, 0) is 14.4 Å². The standard InChI is InChI=1S/C25H22N4O5/c1-16(21-10-6-7-11-22(21)34-25(33)18-8-4-3-5-9-18)28-29-24(32)23(31)27-20-14-12-19(13-15-20)26-17(2)30/h3-15H,1-2H3,(H,26,30)(H,27,31)(H,29,32)/b28-16+. The summed E-state index contributed by atoms with van der Waals surface area (Å²) in [5, 5.41) is 9.00. The fourth-order valence-corrected chi connectivity index (χ4v) is 2.86. The Morgan fingerprint density at radius 1 is 0.706 bits per heavy atom. The first-order valence-electron chi connectivity index (χ1n) is 10.2. The third-order valence-electron chi connectivity index (χ3n) is 4.48. The van der Waals surface area contributed by atoms with Crippen molar-refractivity contribution in [2.45, 2.75) is 13.8 Å². The molecule has 0 aliphatic carbocycles. The molecular formula is C25H22N4O5. The number of hydrogen-bond acceptors (Lipinski definition) is 6. The Kier molecular flexibility index (Phi) is 7.85. The molecule has 0 saturated carbocycles. The number of rotatable bonds is 6. The maximum atomic E-state index is 12.4. The zero-order chi connectivity index (χ0) is 24.5. The first-order chi connectivity index (χ1) is 16.3. The van der Waals surface area contributed by atoms with Crippen molar-refractivity contribution in [1.82, 2.24) is 5.43 Å². The van der Waals surface area contributed by atoms with Crippen molar-refractivity contribution in [3.8, 4) is 5.75 Å². The highest BCUT2D eigenvalue weighted by molar-refractivity contribution is 6.39. The Hall–Kier alpha value is -4.79. The molecule has 0 unspecified atom stereocenters. The molecule has 3 aromatic rings. The van der Waals surface area contributed by atoms with Crippen molar-refractivity contribution < 1.29 is 23.9 Å². The monoisotopic (exact) mass is 458 g/mol. The first-order valence-corrected chi connectivity index (χ1v) is 10.2. The van der Waals surface area contributed by atoms with E-state index in [0.717, 1.165) is 0 Å². The van der Waals surface area contributed by atoms with Crippen molar-refractivity contribution in [3.05, 3.63) is 90.0 Å². The van der Waals surface area contributed by atoms with Gasteiger partial charge in [-0.3, -0.25) is 14.4 Å². The lowest BCUT2D eigenvalue weighted by molar-refractivity contribution is -0.136. The quantitative estimate of drug-likeness (QED) is 0.172. The van der Waals surface area contributed by atoms with Crippen molar-refractivity contribution in [2.75, 3.05) is 10.6 Å². The maximum Gasteiger partial charge on any atom is 0.343 e. The minimum absolute atomic E-state index is 0.221. The van der Waals surface area contributed by atoms with Crippen LogP contribution < -0.4 is 20.8 Å². The zero-order valence-corrected chi connectivity index (χ0v) is 18.5. The Morgan fingerprint density at radius 2 is 1.29 bits per heavy atom. The summed E-state index contributed by atoms with van der Waals surface area (Å²) in [5.41, 5.74) is 4.31. The average Bonchev–Trinajstić information content (AvgIpc) is 2.84. The van der Waals surface area contributed by atoms with Crippen LogP contribution in [0.5, 0.6) is 5.75 Å². The van der Waals surface area contributed by atoms with E-state index in [0.29, 0.717) is 28.2 Å². The van der Waals surface area contributed by atoms with Crippen molar-refractivity contribution in [2.24, 2.45) is 5.10 Å². The number of carbonyl (C=O) groups excluding carboxylic acids is 4. The fraction of sp³-hybridized carbons (Fsp3) is 0.0800. The van der Waals surface area contributed by atoms with Gasteiger partial charge in [-0.1, -0.05) is 30.3 Å². The molecule has 0 aliphatic heterocycles. The minimum Gasteiger partial charge on any atom is -0.422 e. The number of anilines is 2. The molecule has 0 atom stereocenters. The Labute approximate surface area is 195 Å². The zero-order valence-electron chi connectivity index (χ0n) is 18.5. The molecule has 3 aromatic carbocycles. The average molecular weight is 458 g/mol. The summed E-state index contributed by atoms with van der Waals surface area (Å²) in [4.78, 5) is 47.8. The van der Waals surface area contributed by atoms with E-state index in [9.17, 15) is 19.2 Å². The van der Waals surface area contributed by atoms with E-state index in [1.54, 1.807) is 85.8 Å². The SMILES string of the molecule is CC(=O)Nc1ccc(NC(=O)C(=O)N/N=C(\C)c2ccccc2OC(=O)c2ccccc2)cc1. The number of benzene rings is 3. The van der Waals surface area contributed by atoms with Crippen LogP contribution in [0.2, 0.25) is 0 Å². The number of nitrogens with zero attached hydrogens (tertiary/aromatic N) is 1. The molecule has 0 saturated heterocycles. The molecule has 34 heavy (non-hydrogen) atoms. The number of esters is 1. The smallest absolute Gasteiger partial charge is 0.343 e. The van der Waals surface area contributed by atoms with E-state index in [-0.39, 0.29) is 11.7 Å². The van der Waals surface area contributed by atoms with Gasteiger partial charge in [0.25, 0.3) is 0 Å². The summed E-state index contributed by atoms with van der Waals surface area (Å²) < 4.78 is 5.48. The topological polar surface area (TPSA) is 126 Å². The Bertz CT molecular complexity index is 1240. The third-order valence-corrected chi connectivity index (χ3v) is 4.48. The molecule has 9 heteroatoms. The van der Waals surface area contributed by atoms with Crippen LogP contribution >= 0.6 is 0 Å². The normalized spacial score (nSPS) is 10.7. The second kappa shape index (κ2) is 11.2.